The van der Waals surface area contributed by atoms with E-state index in [1.807, 2.05) is 35.0 Å². The lowest BCUT2D eigenvalue weighted by atomic mass is 10.2. The number of anilines is 3. The first-order valence-corrected chi connectivity index (χ1v) is 9.85. The standard InChI is InChI=1S/C21H16BrN7O/c22-15-4-3-5-16(10-15)27-21-17-11-19(24-12-18(17)25-13-26-21)28-20(30)6-1-2-8-29-9-7-23-14-29/h3-5,7,9-14H,2,8H2,(H,24,28,30)(H,25,26,27). The maximum atomic E-state index is 12.1. The smallest absolute Gasteiger partial charge is 0.301 e. The summed E-state index contributed by atoms with van der Waals surface area (Å²) in [5, 5.41) is 6.69. The predicted octanol–water partition coefficient (Wildman–Crippen LogP) is 3.76. The molecule has 0 saturated heterocycles. The minimum absolute atomic E-state index is 0.378. The van der Waals surface area contributed by atoms with Gasteiger partial charge in [-0.05, 0) is 30.2 Å². The Morgan fingerprint density at radius 2 is 2.13 bits per heavy atom. The van der Waals surface area contributed by atoms with Gasteiger partial charge in [0.1, 0.15) is 18.0 Å². The van der Waals surface area contributed by atoms with E-state index in [9.17, 15) is 4.79 Å². The van der Waals surface area contributed by atoms with E-state index in [0.29, 0.717) is 30.1 Å². The number of benzene rings is 1. The number of rotatable bonds is 5. The average Bonchev–Trinajstić information content (AvgIpc) is 3.25. The van der Waals surface area contributed by atoms with Gasteiger partial charge in [0.05, 0.1) is 18.0 Å². The van der Waals surface area contributed by atoms with Crippen molar-refractivity contribution in [2.45, 2.75) is 13.0 Å². The summed E-state index contributed by atoms with van der Waals surface area (Å²) in [7, 11) is 0. The van der Waals surface area contributed by atoms with E-state index in [1.165, 1.54) is 6.33 Å². The fourth-order valence-electron chi connectivity index (χ4n) is 2.72. The van der Waals surface area contributed by atoms with E-state index in [1.54, 1.807) is 24.8 Å². The number of aryl methyl sites for hydroxylation is 1. The molecule has 0 radical (unpaired) electrons. The summed E-state index contributed by atoms with van der Waals surface area (Å²) in [4.78, 5) is 28.9. The van der Waals surface area contributed by atoms with Crippen molar-refractivity contribution in [3.63, 3.8) is 0 Å². The van der Waals surface area contributed by atoms with Crippen molar-refractivity contribution < 1.29 is 4.79 Å². The number of amides is 1. The maximum Gasteiger partial charge on any atom is 0.301 e. The first-order valence-electron chi connectivity index (χ1n) is 9.06. The van der Waals surface area contributed by atoms with Crippen molar-refractivity contribution in [3.8, 4) is 11.8 Å². The third kappa shape index (κ3) is 4.98. The Kier molecular flexibility index (Phi) is 5.96. The molecule has 30 heavy (non-hydrogen) atoms. The molecular weight excluding hydrogens is 446 g/mol. The highest BCUT2D eigenvalue weighted by Gasteiger charge is 2.08. The summed E-state index contributed by atoms with van der Waals surface area (Å²) < 4.78 is 2.85. The van der Waals surface area contributed by atoms with Crippen LogP contribution in [0.4, 0.5) is 17.3 Å². The zero-order chi connectivity index (χ0) is 20.8. The first kappa shape index (κ1) is 19.5. The molecule has 0 aliphatic rings. The lowest BCUT2D eigenvalue weighted by Gasteiger charge is -2.09. The van der Waals surface area contributed by atoms with Gasteiger partial charge in [-0.15, -0.1) is 0 Å². The Labute approximate surface area is 180 Å². The molecule has 148 valence electrons. The number of carbonyl (C=O) groups is 1. The second kappa shape index (κ2) is 9.15. The van der Waals surface area contributed by atoms with Gasteiger partial charge in [0.25, 0.3) is 0 Å². The largest absolute Gasteiger partial charge is 0.340 e. The van der Waals surface area contributed by atoms with Crippen LogP contribution in [0, 0.1) is 11.8 Å². The topological polar surface area (TPSA) is 97.6 Å². The number of aromatic nitrogens is 5. The molecule has 1 aromatic carbocycles. The molecule has 0 spiro atoms. The Bertz CT molecular complexity index is 1250. The number of nitrogens with zero attached hydrogens (tertiary/aromatic N) is 5. The highest BCUT2D eigenvalue weighted by atomic mass is 79.9. The molecule has 0 aliphatic heterocycles. The molecule has 0 fully saturated rings. The van der Waals surface area contributed by atoms with Crippen LogP contribution >= 0.6 is 15.9 Å². The second-order valence-electron chi connectivity index (χ2n) is 6.25. The Balaban J connectivity index is 1.47. The summed E-state index contributed by atoms with van der Waals surface area (Å²) in [5.74, 6) is 5.99. The molecule has 4 rings (SSSR count). The average molecular weight is 462 g/mol. The Hall–Kier alpha value is -3.77. The molecule has 3 heterocycles. The third-order valence-corrected chi connectivity index (χ3v) is 4.60. The first-order chi connectivity index (χ1) is 14.7. The number of halogens is 1. The molecule has 0 saturated carbocycles. The minimum atomic E-state index is -0.425. The summed E-state index contributed by atoms with van der Waals surface area (Å²) >= 11 is 3.45. The fraction of sp³-hybridized carbons (Fsp3) is 0.0952. The van der Waals surface area contributed by atoms with Crippen molar-refractivity contribution in [1.82, 2.24) is 24.5 Å². The summed E-state index contributed by atoms with van der Waals surface area (Å²) in [6.45, 7) is 0.677. The van der Waals surface area contributed by atoms with Crippen molar-refractivity contribution >= 4 is 50.1 Å². The number of fused-ring (bicyclic) bond motifs is 1. The van der Waals surface area contributed by atoms with Gasteiger partial charge in [-0.3, -0.25) is 10.1 Å². The lowest BCUT2D eigenvalue weighted by molar-refractivity contribution is -0.111. The quantitative estimate of drug-likeness (QED) is 0.439. The van der Waals surface area contributed by atoms with Crippen LogP contribution in [0.25, 0.3) is 10.9 Å². The molecule has 2 N–H and O–H groups in total. The van der Waals surface area contributed by atoms with Gasteiger partial charge in [-0.25, -0.2) is 19.9 Å². The summed E-state index contributed by atoms with van der Waals surface area (Å²) in [6.07, 6.45) is 8.86. The molecule has 0 bridgehead atoms. The van der Waals surface area contributed by atoms with Crippen LogP contribution in [0.2, 0.25) is 0 Å². The summed E-state index contributed by atoms with van der Waals surface area (Å²) in [5.41, 5.74) is 1.53. The van der Waals surface area contributed by atoms with Crippen molar-refractivity contribution in [3.05, 3.63) is 66.0 Å². The maximum absolute atomic E-state index is 12.1. The van der Waals surface area contributed by atoms with E-state index in [-0.39, 0.29) is 0 Å². The van der Waals surface area contributed by atoms with Crippen LogP contribution in [0.5, 0.6) is 0 Å². The van der Waals surface area contributed by atoms with E-state index in [2.05, 4.69) is 58.3 Å². The highest BCUT2D eigenvalue weighted by molar-refractivity contribution is 9.10. The molecule has 0 unspecified atom stereocenters. The molecule has 9 heteroatoms. The van der Waals surface area contributed by atoms with Gasteiger partial charge >= 0.3 is 5.91 Å². The molecule has 8 nitrogen and oxygen atoms in total. The number of carbonyl (C=O) groups excluding carboxylic acids is 1. The van der Waals surface area contributed by atoms with Crippen molar-refractivity contribution in [2.24, 2.45) is 0 Å². The van der Waals surface area contributed by atoms with E-state index in [0.717, 1.165) is 15.5 Å². The normalized spacial score (nSPS) is 10.3. The Morgan fingerprint density at radius 3 is 2.97 bits per heavy atom. The third-order valence-electron chi connectivity index (χ3n) is 4.11. The lowest BCUT2D eigenvalue weighted by Crippen LogP contribution is -2.10. The number of nitrogens with one attached hydrogen (secondary N) is 2. The predicted molar refractivity (Wildman–Crippen MR) is 118 cm³/mol. The van der Waals surface area contributed by atoms with Crippen LogP contribution in [0.1, 0.15) is 6.42 Å². The second-order valence-corrected chi connectivity index (χ2v) is 7.17. The van der Waals surface area contributed by atoms with E-state index >= 15 is 0 Å². The van der Waals surface area contributed by atoms with Gasteiger partial charge < -0.3 is 9.88 Å². The zero-order valence-electron chi connectivity index (χ0n) is 15.7. The molecule has 3 aromatic heterocycles. The number of hydrogen-bond donors (Lipinski definition) is 2. The van der Waals surface area contributed by atoms with Gasteiger partial charge in [0.2, 0.25) is 0 Å². The van der Waals surface area contributed by atoms with Crippen LogP contribution in [-0.2, 0) is 11.3 Å². The molecule has 0 atom stereocenters. The van der Waals surface area contributed by atoms with E-state index < -0.39 is 5.91 Å². The SMILES string of the molecule is O=C(C#CCCn1ccnc1)Nc1cc2c(Nc3cccc(Br)c3)ncnc2cn1. The van der Waals surface area contributed by atoms with Crippen molar-refractivity contribution in [2.75, 3.05) is 10.6 Å². The molecule has 0 aliphatic carbocycles. The minimum Gasteiger partial charge on any atom is -0.340 e. The fourth-order valence-corrected chi connectivity index (χ4v) is 3.12. The van der Waals surface area contributed by atoms with Crippen LogP contribution in [0.15, 0.2) is 66.0 Å². The van der Waals surface area contributed by atoms with Gasteiger partial charge in [0.15, 0.2) is 0 Å². The van der Waals surface area contributed by atoms with Gasteiger partial charge in [-0.2, -0.15) is 0 Å². The Morgan fingerprint density at radius 1 is 1.20 bits per heavy atom. The molecule has 4 aromatic rings. The van der Waals surface area contributed by atoms with Crippen molar-refractivity contribution in [1.29, 1.82) is 0 Å². The van der Waals surface area contributed by atoms with Gasteiger partial charge in [0, 0.05) is 40.9 Å². The van der Waals surface area contributed by atoms with Gasteiger partial charge in [-0.1, -0.05) is 27.9 Å². The monoisotopic (exact) mass is 461 g/mol. The number of imidazole rings is 1. The molecular formula is C21H16BrN7O. The number of hydrogen-bond acceptors (Lipinski definition) is 6. The van der Waals surface area contributed by atoms with E-state index in [4.69, 9.17) is 0 Å². The van der Waals surface area contributed by atoms with Crippen LogP contribution < -0.4 is 10.6 Å². The zero-order valence-corrected chi connectivity index (χ0v) is 17.3. The van der Waals surface area contributed by atoms with Crippen LogP contribution in [-0.4, -0.2) is 30.4 Å². The van der Waals surface area contributed by atoms with Crippen LogP contribution in [0.3, 0.4) is 0 Å². The highest BCUT2D eigenvalue weighted by Crippen LogP contribution is 2.25. The summed E-state index contributed by atoms with van der Waals surface area (Å²) in [6, 6.07) is 9.46. The molecule has 1 amide bonds. The number of pyridine rings is 1.